The van der Waals surface area contributed by atoms with E-state index in [-0.39, 0.29) is 11.5 Å². The van der Waals surface area contributed by atoms with Crippen molar-refractivity contribution in [3.05, 3.63) is 67.6 Å². The lowest BCUT2D eigenvalue weighted by atomic mass is 10.2. The van der Waals surface area contributed by atoms with E-state index in [1.165, 1.54) is 11.9 Å². The third kappa shape index (κ3) is 6.06. The van der Waals surface area contributed by atoms with Crippen LogP contribution in [0.5, 0.6) is 0 Å². The Bertz CT molecular complexity index is 698. The van der Waals surface area contributed by atoms with Gasteiger partial charge in [-0.3, -0.25) is 10.1 Å². The summed E-state index contributed by atoms with van der Waals surface area (Å²) in [5, 5.41) is 12.3. The van der Waals surface area contributed by atoms with E-state index in [1.807, 2.05) is 28.6 Å². The predicted molar refractivity (Wildman–Crippen MR) is 102 cm³/mol. The summed E-state index contributed by atoms with van der Waals surface area (Å²) < 4.78 is 2.00. The van der Waals surface area contributed by atoms with Crippen molar-refractivity contribution in [2.24, 2.45) is 0 Å². The first kappa shape index (κ1) is 19.2. The van der Waals surface area contributed by atoms with Crippen LogP contribution < -0.4 is 4.31 Å². The second-order valence-corrected chi connectivity index (χ2v) is 7.38. The first-order valence-corrected chi connectivity index (χ1v) is 9.14. The van der Waals surface area contributed by atoms with E-state index in [9.17, 15) is 10.1 Å². The summed E-state index contributed by atoms with van der Waals surface area (Å²) in [7, 11) is 0. The number of hydrogen-bond donors (Lipinski definition) is 0. The fourth-order valence-corrected chi connectivity index (χ4v) is 3.56. The lowest BCUT2D eigenvalue weighted by Crippen LogP contribution is -2.17. The molecule has 0 heterocycles. The molecule has 0 saturated carbocycles. The largest absolute Gasteiger partial charge is 0.311 e. The molecule has 0 atom stereocenters. The zero-order valence-electron chi connectivity index (χ0n) is 12.6. The molecular formula is C16H15Cl3N2O2S. The lowest BCUT2D eigenvalue weighted by Gasteiger charge is -2.24. The molecule has 0 unspecified atom stereocenters. The molecule has 0 spiro atoms. The van der Waals surface area contributed by atoms with Gasteiger partial charge in [0, 0.05) is 32.8 Å². The quantitative estimate of drug-likeness (QED) is 0.226. The minimum Gasteiger partial charge on any atom is -0.311 e. The maximum absolute atomic E-state index is 10.5. The van der Waals surface area contributed by atoms with Gasteiger partial charge in [0.1, 0.15) is 0 Å². The monoisotopic (exact) mass is 404 g/mol. The van der Waals surface area contributed by atoms with E-state index >= 15 is 0 Å². The summed E-state index contributed by atoms with van der Waals surface area (Å²) in [6.07, 6.45) is 1.17. The number of rotatable bonds is 8. The van der Waals surface area contributed by atoms with E-state index < -0.39 is 0 Å². The highest BCUT2D eigenvalue weighted by Gasteiger charge is 2.14. The Morgan fingerprint density at radius 3 is 2.33 bits per heavy atom. The first-order chi connectivity index (χ1) is 11.5. The SMILES string of the molecule is O=[N+]([O-])CCCCN(Sc1ccc(Cl)cc1)c1cc(Cl)ccc1Cl. The molecule has 0 radical (unpaired) electrons. The molecular weight excluding hydrogens is 391 g/mol. The topological polar surface area (TPSA) is 46.4 Å². The molecule has 2 rings (SSSR count). The minimum absolute atomic E-state index is 0.0390. The van der Waals surface area contributed by atoms with Gasteiger partial charge >= 0.3 is 0 Å². The molecule has 24 heavy (non-hydrogen) atoms. The van der Waals surface area contributed by atoms with Crippen molar-refractivity contribution >= 4 is 52.4 Å². The third-order valence-electron chi connectivity index (χ3n) is 3.16. The summed E-state index contributed by atoms with van der Waals surface area (Å²) in [5.41, 5.74) is 0.783. The van der Waals surface area contributed by atoms with Gasteiger partial charge in [0.25, 0.3) is 0 Å². The number of unbranched alkanes of at least 4 members (excludes halogenated alkanes) is 1. The van der Waals surface area contributed by atoms with Crippen LogP contribution in [-0.4, -0.2) is 18.0 Å². The van der Waals surface area contributed by atoms with Gasteiger partial charge in [-0.2, -0.15) is 0 Å². The molecule has 0 saturated heterocycles. The van der Waals surface area contributed by atoms with Gasteiger partial charge in [-0.05, 0) is 60.8 Å². The van der Waals surface area contributed by atoms with Crippen LogP contribution in [0.2, 0.25) is 15.1 Å². The van der Waals surface area contributed by atoms with Crippen LogP contribution in [-0.2, 0) is 0 Å². The molecule has 0 fully saturated rings. The van der Waals surface area contributed by atoms with E-state index in [4.69, 9.17) is 34.8 Å². The van der Waals surface area contributed by atoms with Crippen LogP contribution in [0.4, 0.5) is 5.69 Å². The molecule has 0 bridgehead atoms. The van der Waals surface area contributed by atoms with Crippen LogP contribution >= 0.6 is 46.8 Å². The van der Waals surface area contributed by atoms with Crippen LogP contribution in [0.3, 0.4) is 0 Å². The minimum atomic E-state index is -0.303. The molecule has 0 aliphatic carbocycles. The van der Waals surface area contributed by atoms with Gasteiger partial charge in [-0.15, -0.1) is 0 Å². The van der Waals surface area contributed by atoms with E-state index in [1.54, 1.807) is 18.2 Å². The number of halogens is 3. The van der Waals surface area contributed by atoms with Crippen LogP contribution in [0.15, 0.2) is 47.4 Å². The smallest absolute Gasteiger partial charge is 0.203 e. The average Bonchev–Trinajstić information content (AvgIpc) is 2.54. The molecule has 8 heteroatoms. The molecule has 4 nitrogen and oxygen atoms in total. The van der Waals surface area contributed by atoms with E-state index in [0.29, 0.717) is 34.5 Å². The standard InChI is InChI=1S/C16H15Cl3N2O2S/c17-12-3-6-14(7-4-12)24-20(9-1-2-10-21(22)23)16-11-13(18)5-8-15(16)19/h3-8,11H,1-2,9-10H2. The number of benzene rings is 2. The average molecular weight is 406 g/mol. The summed E-state index contributed by atoms with van der Waals surface area (Å²) >= 11 is 19.8. The fraction of sp³-hybridized carbons (Fsp3) is 0.250. The first-order valence-electron chi connectivity index (χ1n) is 7.23. The number of anilines is 1. The summed E-state index contributed by atoms with van der Waals surface area (Å²) in [4.78, 5) is 11.2. The van der Waals surface area contributed by atoms with Crippen molar-refractivity contribution in [3.63, 3.8) is 0 Å². The number of hydrogen-bond acceptors (Lipinski definition) is 4. The van der Waals surface area contributed by atoms with Gasteiger partial charge in [0.15, 0.2) is 0 Å². The Morgan fingerprint density at radius 2 is 1.67 bits per heavy atom. The third-order valence-corrected chi connectivity index (χ3v) is 5.05. The van der Waals surface area contributed by atoms with Crippen molar-refractivity contribution in [2.75, 3.05) is 17.4 Å². The molecule has 2 aromatic rings. The van der Waals surface area contributed by atoms with E-state index in [0.717, 1.165) is 10.6 Å². The van der Waals surface area contributed by atoms with Crippen molar-refractivity contribution in [2.45, 2.75) is 17.7 Å². The second kappa shape index (κ2) is 9.37. The van der Waals surface area contributed by atoms with Crippen molar-refractivity contribution in [1.82, 2.24) is 0 Å². The fourth-order valence-electron chi connectivity index (χ4n) is 2.01. The van der Waals surface area contributed by atoms with Crippen LogP contribution in [0.25, 0.3) is 0 Å². The highest BCUT2D eigenvalue weighted by Crippen LogP contribution is 2.36. The number of nitro groups is 1. The molecule has 2 aromatic carbocycles. The van der Waals surface area contributed by atoms with Gasteiger partial charge in [-0.1, -0.05) is 34.8 Å². The second-order valence-electron chi connectivity index (χ2n) is 5.01. The molecule has 0 amide bonds. The maximum Gasteiger partial charge on any atom is 0.203 e. The predicted octanol–water partition coefficient (Wildman–Crippen LogP) is 6.22. The Morgan fingerprint density at radius 1 is 1.00 bits per heavy atom. The maximum atomic E-state index is 10.5. The van der Waals surface area contributed by atoms with E-state index in [2.05, 4.69) is 0 Å². The highest BCUT2D eigenvalue weighted by molar-refractivity contribution is 8.00. The molecule has 128 valence electrons. The summed E-state index contributed by atoms with van der Waals surface area (Å²) in [5.74, 6) is 0. The summed E-state index contributed by atoms with van der Waals surface area (Å²) in [6, 6.07) is 12.7. The van der Waals surface area contributed by atoms with Crippen molar-refractivity contribution < 1.29 is 4.92 Å². The Hall–Kier alpha value is -1.14. The van der Waals surface area contributed by atoms with Crippen LogP contribution in [0, 0.1) is 10.1 Å². The van der Waals surface area contributed by atoms with Gasteiger partial charge in [0.2, 0.25) is 6.54 Å². The summed E-state index contributed by atoms with van der Waals surface area (Å²) in [6.45, 7) is 0.573. The Kier molecular flexibility index (Phi) is 7.49. The highest BCUT2D eigenvalue weighted by atomic mass is 35.5. The normalized spacial score (nSPS) is 10.6. The number of nitrogens with zero attached hydrogens (tertiary/aromatic N) is 2. The van der Waals surface area contributed by atoms with Gasteiger partial charge in [-0.25, -0.2) is 0 Å². The Balaban J connectivity index is 2.15. The lowest BCUT2D eigenvalue weighted by molar-refractivity contribution is -0.480. The zero-order valence-corrected chi connectivity index (χ0v) is 15.7. The van der Waals surface area contributed by atoms with Crippen LogP contribution in [0.1, 0.15) is 12.8 Å². The molecule has 0 aliphatic rings. The molecule has 0 aromatic heterocycles. The Labute approximate surface area is 160 Å². The van der Waals surface area contributed by atoms with Gasteiger partial charge in [0.05, 0.1) is 10.7 Å². The zero-order chi connectivity index (χ0) is 17.5. The van der Waals surface area contributed by atoms with Crippen molar-refractivity contribution in [3.8, 4) is 0 Å². The van der Waals surface area contributed by atoms with Gasteiger partial charge < -0.3 is 4.31 Å². The van der Waals surface area contributed by atoms with Crippen molar-refractivity contribution in [1.29, 1.82) is 0 Å². The molecule has 0 aliphatic heterocycles. The molecule has 0 N–H and O–H groups in total.